The first-order valence-electron chi connectivity index (χ1n) is 9.88. The standard InChI is InChI=1S/C24H26O8/c1-24(2,3)32-20(25)13-30-15-8-9-16-18(12-15)31-19(21(16)26)11-14-7-10-17(27-4)23(29-6)22(14)28-5/h7-12H,13H2,1-6H3. The van der Waals surface area contributed by atoms with Gasteiger partial charge in [0, 0.05) is 11.6 Å². The molecule has 32 heavy (non-hydrogen) atoms. The van der Waals surface area contributed by atoms with Crippen LogP contribution in [-0.4, -0.2) is 45.3 Å². The second kappa shape index (κ2) is 9.21. The molecule has 0 N–H and O–H groups in total. The highest BCUT2D eigenvalue weighted by molar-refractivity contribution is 6.14. The molecule has 2 aromatic rings. The van der Waals surface area contributed by atoms with E-state index in [1.165, 1.54) is 21.3 Å². The number of methoxy groups -OCH3 is 3. The number of hydrogen-bond acceptors (Lipinski definition) is 8. The Balaban J connectivity index is 1.81. The van der Waals surface area contributed by atoms with Gasteiger partial charge in [0.15, 0.2) is 23.9 Å². The molecule has 0 saturated heterocycles. The van der Waals surface area contributed by atoms with Crippen LogP contribution in [0.1, 0.15) is 36.7 Å². The van der Waals surface area contributed by atoms with Crippen molar-refractivity contribution in [3.05, 3.63) is 47.2 Å². The van der Waals surface area contributed by atoms with Gasteiger partial charge in [0.05, 0.1) is 26.9 Å². The molecule has 0 bridgehead atoms. The number of fused-ring (bicyclic) bond motifs is 1. The summed E-state index contributed by atoms with van der Waals surface area (Å²) < 4.78 is 32.6. The number of ketones is 1. The van der Waals surface area contributed by atoms with Crippen molar-refractivity contribution in [3.8, 4) is 28.7 Å². The molecule has 0 fully saturated rings. The predicted octanol–water partition coefficient (Wildman–Crippen LogP) is 4.05. The largest absolute Gasteiger partial charge is 0.493 e. The van der Waals surface area contributed by atoms with Crippen LogP contribution in [0, 0.1) is 0 Å². The molecule has 8 nitrogen and oxygen atoms in total. The third-order valence-electron chi connectivity index (χ3n) is 4.44. The number of carbonyl (C=O) groups is 2. The van der Waals surface area contributed by atoms with Crippen molar-refractivity contribution in [2.24, 2.45) is 0 Å². The Labute approximate surface area is 186 Å². The first-order chi connectivity index (χ1) is 15.2. The molecule has 0 amide bonds. The van der Waals surface area contributed by atoms with Crippen molar-refractivity contribution in [1.29, 1.82) is 0 Å². The Morgan fingerprint density at radius 2 is 1.72 bits per heavy atom. The first-order valence-corrected chi connectivity index (χ1v) is 9.88. The van der Waals surface area contributed by atoms with Gasteiger partial charge < -0.3 is 28.4 Å². The van der Waals surface area contributed by atoms with Gasteiger partial charge in [-0.2, -0.15) is 0 Å². The van der Waals surface area contributed by atoms with Crippen LogP contribution in [0.2, 0.25) is 0 Å². The average Bonchev–Trinajstić information content (AvgIpc) is 3.05. The fraction of sp³-hybridized carbons (Fsp3) is 0.333. The molecule has 170 valence electrons. The quantitative estimate of drug-likeness (QED) is 0.469. The second-order valence-electron chi connectivity index (χ2n) is 7.90. The van der Waals surface area contributed by atoms with Gasteiger partial charge in [-0.3, -0.25) is 4.79 Å². The van der Waals surface area contributed by atoms with Crippen LogP contribution in [0.25, 0.3) is 6.08 Å². The van der Waals surface area contributed by atoms with Crippen LogP contribution >= 0.6 is 0 Å². The number of rotatable bonds is 7. The lowest BCUT2D eigenvalue weighted by molar-refractivity contribution is -0.157. The molecule has 2 aromatic carbocycles. The lowest BCUT2D eigenvalue weighted by atomic mass is 10.1. The van der Waals surface area contributed by atoms with Crippen LogP contribution in [0.4, 0.5) is 0 Å². The maximum atomic E-state index is 12.8. The Hall–Kier alpha value is -3.68. The van der Waals surface area contributed by atoms with Gasteiger partial charge in [0.25, 0.3) is 0 Å². The fourth-order valence-electron chi connectivity index (χ4n) is 3.15. The highest BCUT2D eigenvalue weighted by Crippen LogP contribution is 2.42. The third kappa shape index (κ3) is 4.96. The van der Waals surface area contributed by atoms with E-state index < -0.39 is 11.6 Å². The van der Waals surface area contributed by atoms with Gasteiger partial charge in [-0.05, 0) is 51.1 Å². The summed E-state index contributed by atoms with van der Waals surface area (Å²) in [4.78, 5) is 24.7. The predicted molar refractivity (Wildman–Crippen MR) is 117 cm³/mol. The summed E-state index contributed by atoms with van der Waals surface area (Å²) in [6.45, 7) is 5.08. The SMILES string of the molecule is COc1ccc(C=C2Oc3cc(OCC(=O)OC(C)(C)C)ccc3C2=O)c(OC)c1OC. The maximum absolute atomic E-state index is 12.8. The minimum Gasteiger partial charge on any atom is -0.493 e. The highest BCUT2D eigenvalue weighted by Gasteiger charge is 2.29. The molecule has 0 aliphatic carbocycles. The van der Waals surface area contributed by atoms with Crippen LogP contribution in [0.3, 0.4) is 0 Å². The summed E-state index contributed by atoms with van der Waals surface area (Å²) >= 11 is 0. The zero-order valence-electron chi connectivity index (χ0n) is 18.9. The van der Waals surface area contributed by atoms with Crippen molar-refractivity contribution in [2.75, 3.05) is 27.9 Å². The molecule has 0 aromatic heterocycles. The normalized spacial score (nSPS) is 13.9. The lowest BCUT2D eigenvalue weighted by Crippen LogP contribution is -2.27. The summed E-state index contributed by atoms with van der Waals surface area (Å²) in [5.74, 6) is 1.38. The zero-order chi connectivity index (χ0) is 23.5. The number of hydrogen-bond donors (Lipinski definition) is 0. The van der Waals surface area contributed by atoms with E-state index in [2.05, 4.69) is 0 Å². The summed E-state index contributed by atoms with van der Waals surface area (Å²) in [5.41, 5.74) is 0.377. The summed E-state index contributed by atoms with van der Waals surface area (Å²) in [5, 5.41) is 0. The Kier molecular flexibility index (Phi) is 6.62. The molecular weight excluding hydrogens is 416 g/mol. The van der Waals surface area contributed by atoms with E-state index >= 15 is 0 Å². The molecule has 0 unspecified atom stereocenters. The van der Waals surface area contributed by atoms with Gasteiger partial charge >= 0.3 is 5.97 Å². The molecule has 0 spiro atoms. The summed E-state index contributed by atoms with van der Waals surface area (Å²) in [6.07, 6.45) is 1.57. The van der Waals surface area contributed by atoms with Crippen molar-refractivity contribution >= 4 is 17.8 Å². The molecule has 1 aliphatic rings. The van der Waals surface area contributed by atoms with Crippen LogP contribution in [-0.2, 0) is 9.53 Å². The van der Waals surface area contributed by atoms with E-state index in [0.717, 1.165) is 0 Å². The summed E-state index contributed by atoms with van der Waals surface area (Å²) in [6, 6.07) is 8.20. The average molecular weight is 442 g/mol. The fourth-order valence-corrected chi connectivity index (χ4v) is 3.15. The zero-order valence-corrected chi connectivity index (χ0v) is 18.9. The highest BCUT2D eigenvalue weighted by atomic mass is 16.6. The number of allylic oxidation sites excluding steroid dienone is 1. The van der Waals surface area contributed by atoms with E-state index in [9.17, 15) is 9.59 Å². The van der Waals surface area contributed by atoms with Crippen LogP contribution < -0.4 is 23.7 Å². The molecule has 1 heterocycles. The Morgan fingerprint density at radius 1 is 1.00 bits per heavy atom. The monoisotopic (exact) mass is 442 g/mol. The second-order valence-corrected chi connectivity index (χ2v) is 7.90. The minimum absolute atomic E-state index is 0.120. The summed E-state index contributed by atoms with van der Waals surface area (Å²) in [7, 11) is 4.53. The smallest absolute Gasteiger partial charge is 0.344 e. The lowest BCUT2D eigenvalue weighted by Gasteiger charge is -2.19. The van der Waals surface area contributed by atoms with Gasteiger partial charge in [0.2, 0.25) is 11.5 Å². The van der Waals surface area contributed by atoms with Gasteiger partial charge in [0.1, 0.15) is 17.1 Å². The van der Waals surface area contributed by atoms with E-state index in [0.29, 0.717) is 39.9 Å². The minimum atomic E-state index is -0.598. The number of benzene rings is 2. The van der Waals surface area contributed by atoms with Gasteiger partial charge in [-0.1, -0.05) is 0 Å². The molecule has 1 aliphatic heterocycles. The maximum Gasteiger partial charge on any atom is 0.344 e. The molecular formula is C24H26O8. The first kappa shape index (κ1) is 23.0. The van der Waals surface area contributed by atoms with E-state index in [-0.39, 0.29) is 18.1 Å². The number of esters is 1. The number of Topliss-reactive ketones (excluding diaryl/α,β-unsaturated/α-hetero) is 1. The van der Waals surface area contributed by atoms with Gasteiger partial charge in [-0.25, -0.2) is 4.79 Å². The van der Waals surface area contributed by atoms with E-state index in [1.807, 2.05) is 0 Å². The van der Waals surface area contributed by atoms with Crippen LogP contribution in [0.5, 0.6) is 28.7 Å². The molecule has 0 atom stereocenters. The van der Waals surface area contributed by atoms with Crippen molar-refractivity contribution in [1.82, 2.24) is 0 Å². The van der Waals surface area contributed by atoms with Crippen molar-refractivity contribution in [2.45, 2.75) is 26.4 Å². The van der Waals surface area contributed by atoms with Gasteiger partial charge in [-0.15, -0.1) is 0 Å². The number of ether oxygens (including phenoxy) is 6. The molecule has 0 saturated carbocycles. The molecule has 3 rings (SSSR count). The molecule has 8 heteroatoms. The van der Waals surface area contributed by atoms with E-state index in [4.69, 9.17) is 28.4 Å². The molecule has 0 radical (unpaired) electrons. The van der Waals surface area contributed by atoms with Crippen molar-refractivity contribution in [3.63, 3.8) is 0 Å². The third-order valence-corrected chi connectivity index (χ3v) is 4.44. The van der Waals surface area contributed by atoms with Crippen molar-refractivity contribution < 1.29 is 38.0 Å². The van der Waals surface area contributed by atoms with E-state index in [1.54, 1.807) is 57.2 Å². The number of carbonyl (C=O) groups excluding carboxylic acids is 2. The van der Waals surface area contributed by atoms with Crippen LogP contribution in [0.15, 0.2) is 36.1 Å². The Bertz CT molecular complexity index is 1060. The Morgan fingerprint density at radius 3 is 2.34 bits per heavy atom. The topological polar surface area (TPSA) is 89.5 Å².